The zero-order valence-corrected chi connectivity index (χ0v) is 18.7. The van der Waals surface area contributed by atoms with Crippen LogP contribution in [0.1, 0.15) is 11.1 Å². The van der Waals surface area contributed by atoms with Crippen molar-refractivity contribution in [3.8, 4) is 17.1 Å². The molecule has 4 aromatic rings. The lowest BCUT2D eigenvalue weighted by Gasteiger charge is -2.11. The minimum atomic E-state index is -4.60. The van der Waals surface area contributed by atoms with Gasteiger partial charge in [-0.2, -0.15) is 8.78 Å². The molecule has 9 heteroatoms. The highest BCUT2D eigenvalue weighted by Crippen LogP contribution is 2.30. The van der Waals surface area contributed by atoms with E-state index in [4.69, 9.17) is 0 Å². The van der Waals surface area contributed by atoms with Crippen LogP contribution in [0.4, 0.5) is 8.78 Å². The van der Waals surface area contributed by atoms with Crippen LogP contribution in [0.25, 0.3) is 17.1 Å². The quantitative estimate of drug-likeness (QED) is 0.332. The van der Waals surface area contributed by atoms with E-state index in [-0.39, 0.29) is 0 Å². The molecule has 0 aliphatic rings. The first-order chi connectivity index (χ1) is 15.4. The summed E-state index contributed by atoms with van der Waals surface area (Å²) in [5, 5.41) is 9.42. The molecule has 4 rings (SSSR count). The minimum Gasteiger partial charge on any atom is -0.270 e. The van der Waals surface area contributed by atoms with Gasteiger partial charge in [-0.15, -0.1) is 10.2 Å². The van der Waals surface area contributed by atoms with Gasteiger partial charge in [0.05, 0.1) is 4.90 Å². The van der Waals surface area contributed by atoms with Gasteiger partial charge in [0.2, 0.25) is 9.84 Å². The van der Waals surface area contributed by atoms with Crippen LogP contribution in [0, 0.1) is 6.92 Å². The molecule has 0 aliphatic heterocycles. The second-order valence-corrected chi connectivity index (χ2v) is 9.94. The van der Waals surface area contributed by atoms with E-state index in [2.05, 4.69) is 10.2 Å². The largest absolute Gasteiger partial charge is 0.341 e. The van der Waals surface area contributed by atoms with E-state index < -0.39 is 20.5 Å². The smallest absolute Gasteiger partial charge is 0.270 e. The SMILES string of the molecule is Cc1ccc(-n2c(SCc3ccc(S(=O)(=O)C(F)F)cc3)nnc2-c2ccccc2)cc1. The van der Waals surface area contributed by atoms with Crippen LogP contribution < -0.4 is 0 Å². The van der Waals surface area contributed by atoms with Crippen LogP contribution in [0.15, 0.2) is 88.9 Å². The highest BCUT2D eigenvalue weighted by Gasteiger charge is 2.26. The van der Waals surface area contributed by atoms with Gasteiger partial charge in [0.15, 0.2) is 11.0 Å². The summed E-state index contributed by atoms with van der Waals surface area (Å²) in [7, 11) is -4.60. The highest BCUT2D eigenvalue weighted by atomic mass is 32.2. The van der Waals surface area contributed by atoms with Crippen LogP contribution in [0.2, 0.25) is 0 Å². The van der Waals surface area contributed by atoms with Crippen molar-refractivity contribution in [3.05, 3.63) is 90.0 Å². The highest BCUT2D eigenvalue weighted by molar-refractivity contribution is 7.98. The van der Waals surface area contributed by atoms with Gasteiger partial charge >= 0.3 is 5.76 Å². The summed E-state index contributed by atoms with van der Waals surface area (Å²) in [4.78, 5) is -0.393. The Balaban J connectivity index is 1.63. The van der Waals surface area contributed by atoms with Crippen LogP contribution in [-0.2, 0) is 15.6 Å². The van der Waals surface area contributed by atoms with Gasteiger partial charge in [0.25, 0.3) is 0 Å². The van der Waals surface area contributed by atoms with Crippen LogP contribution in [0.5, 0.6) is 0 Å². The number of alkyl halides is 2. The maximum atomic E-state index is 12.7. The fourth-order valence-electron chi connectivity index (χ4n) is 3.09. The molecule has 32 heavy (non-hydrogen) atoms. The fourth-order valence-corrected chi connectivity index (χ4v) is 4.72. The summed E-state index contributed by atoms with van der Waals surface area (Å²) in [5.74, 6) is -2.27. The van der Waals surface area contributed by atoms with Crippen molar-refractivity contribution in [1.29, 1.82) is 0 Å². The molecule has 0 radical (unpaired) electrons. The van der Waals surface area contributed by atoms with Crippen molar-refractivity contribution in [2.24, 2.45) is 0 Å². The Hall–Kier alpha value is -3.04. The first kappa shape index (κ1) is 22.2. The predicted octanol–water partition coefficient (Wildman–Crippen LogP) is 5.53. The number of thioether (sulfide) groups is 1. The second-order valence-electron chi connectivity index (χ2n) is 7.08. The third kappa shape index (κ3) is 4.58. The number of hydrogen-bond donors (Lipinski definition) is 0. The molecule has 0 spiro atoms. The summed E-state index contributed by atoms with van der Waals surface area (Å²) < 4.78 is 50.6. The van der Waals surface area contributed by atoms with Gasteiger partial charge in [-0.1, -0.05) is 71.9 Å². The molecule has 0 atom stereocenters. The van der Waals surface area contributed by atoms with E-state index in [1.54, 1.807) is 0 Å². The van der Waals surface area contributed by atoms with E-state index >= 15 is 0 Å². The molecule has 1 heterocycles. The minimum absolute atomic E-state index is 0.393. The van der Waals surface area contributed by atoms with E-state index in [0.717, 1.165) is 22.4 Å². The number of hydrogen-bond acceptors (Lipinski definition) is 5. The standard InChI is InChI=1S/C23H19F2N3O2S2/c1-16-7-11-19(12-8-16)28-21(18-5-3-2-4-6-18)26-27-23(28)31-15-17-9-13-20(14-10-17)32(29,30)22(24)25/h2-14,22H,15H2,1H3. The van der Waals surface area contributed by atoms with Crippen LogP contribution in [-0.4, -0.2) is 28.9 Å². The Morgan fingerprint density at radius 3 is 2.19 bits per heavy atom. The topological polar surface area (TPSA) is 64.8 Å². The summed E-state index contributed by atoms with van der Waals surface area (Å²) in [6, 6.07) is 23.2. The number of aryl methyl sites for hydroxylation is 1. The van der Waals surface area contributed by atoms with E-state index in [1.165, 1.54) is 36.0 Å². The van der Waals surface area contributed by atoms with Crippen LogP contribution in [0.3, 0.4) is 0 Å². The number of aromatic nitrogens is 3. The van der Waals surface area contributed by atoms with Crippen molar-refractivity contribution in [3.63, 3.8) is 0 Å². The number of rotatable bonds is 7. The fraction of sp³-hybridized carbons (Fsp3) is 0.130. The van der Waals surface area contributed by atoms with Crippen molar-refractivity contribution >= 4 is 21.6 Å². The van der Waals surface area contributed by atoms with Gasteiger partial charge < -0.3 is 0 Å². The average Bonchev–Trinajstić information content (AvgIpc) is 3.23. The van der Waals surface area contributed by atoms with Crippen molar-refractivity contribution in [2.45, 2.75) is 28.5 Å². The molecule has 0 N–H and O–H groups in total. The Kier molecular flexibility index (Phi) is 6.38. The summed E-state index contributed by atoms with van der Waals surface area (Å²) in [6.07, 6.45) is 0. The Labute approximate surface area is 189 Å². The summed E-state index contributed by atoms with van der Waals surface area (Å²) in [5.41, 5.74) is 3.76. The zero-order chi connectivity index (χ0) is 22.7. The number of nitrogens with zero attached hydrogens (tertiary/aromatic N) is 3. The predicted molar refractivity (Wildman–Crippen MR) is 121 cm³/mol. The van der Waals surface area contributed by atoms with Crippen LogP contribution >= 0.6 is 11.8 Å². The lowest BCUT2D eigenvalue weighted by atomic mass is 10.2. The molecule has 1 aromatic heterocycles. The molecule has 0 unspecified atom stereocenters. The number of benzene rings is 3. The third-order valence-electron chi connectivity index (χ3n) is 4.81. The summed E-state index contributed by atoms with van der Waals surface area (Å²) in [6.45, 7) is 2.02. The van der Waals surface area contributed by atoms with Gasteiger partial charge in [0, 0.05) is 17.0 Å². The van der Waals surface area contributed by atoms with Crippen molar-refractivity contribution < 1.29 is 17.2 Å². The van der Waals surface area contributed by atoms with Gasteiger partial charge in [0.1, 0.15) is 0 Å². The second kappa shape index (κ2) is 9.22. The molecule has 0 saturated carbocycles. The molecule has 5 nitrogen and oxygen atoms in total. The van der Waals surface area contributed by atoms with Gasteiger partial charge in [-0.25, -0.2) is 8.42 Å². The van der Waals surface area contributed by atoms with Gasteiger partial charge in [-0.05, 0) is 36.8 Å². The van der Waals surface area contributed by atoms with E-state index in [0.29, 0.717) is 16.7 Å². The van der Waals surface area contributed by atoms with E-state index in [9.17, 15) is 17.2 Å². The molecule has 0 amide bonds. The zero-order valence-electron chi connectivity index (χ0n) is 17.0. The maximum absolute atomic E-state index is 12.7. The molecular formula is C23H19F2N3O2S2. The first-order valence-electron chi connectivity index (χ1n) is 9.68. The lowest BCUT2D eigenvalue weighted by Crippen LogP contribution is -2.11. The summed E-state index contributed by atoms with van der Waals surface area (Å²) >= 11 is 1.43. The Morgan fingerprint density at radius 1 is 0.906 bits per heavy atom. The van der Waals surface area contributed by atoms with E-state index in [1.807, 2.05) is 66.1 Å². The van der Waals surface area contributed by atoms with Gasteiger partial charge in [-0.3, -0.25) is 4.57 Å². The maximum Gasteiger partial charge on any atom is 0.341 e. The monoisotopic (exact) mass is 471 g/mol. The molecular weight excluding hydrogens is 452 g/mol. The average molecular weight is 472 g/mol. The lowest BCUT2D eigenvalue weighted by molar-refractivity contribution is 0.234. The van der Waals surface area contributed by atoms with Crippen molar-refractivity contribution in [2.75, 3.05) is 0 Å². The normalized spacial score (nSPS) is 11.8. The van der Waals surface area contributed by atoms with Crippen molar-refractivity contribution in [1.82, 2.24) is 14.8 Å². The third-order valence-corrected chi connectivity index (χ3v) is 7.21. The molecule has 3 aromatic carbocycles. The Bertz CT molecular complexity index is 1310. The number of sulfone groups is 1. The first-order valence-corrected chi connectivity index (χ1v) is 12.2. The molecule has 0 bridgehead atoms. The number of halogens is 2. The molecule has 0 aliphatic carbocycles. The Morgan fingerprint density at radius 2 is 1.56 bits per heavy atom. The molecule has 164 valence electrons. The molecule has 0 fully saturated rings. The molecule has 0 saturated heterocycles.